The molecule has 156 valence electrons. The van der Waals surface area contributed by atoms with E-state index in [0.717, 1.165) is 25.3 Å². The quantitative estimate of drug-likeness (QED) is 0.748. The molecule has 0 radical (unpaired) electrons. The van der Waals surface area contributed by atoms with Gasteiger partial charge in [0.2, 0.25) is 5.88 Å². The predicted molar refractivity (Wildman–Crippen MR) is 97.7 cm³/mol. The molecule has 0 saturated heterocycles. The van der Waals surface area contributed by atoms with Gasteiger partial charge in [-0.25, -0.2) is 24.1 Å². The lowest BCUT2D eigenvalue weighted by Crippen LogP contribution is -2.51. The normalized spacial score (nSPS) is 19.8. The molecule has 0 fully saturated rings. The number of carbonyl (C=O) groups excluding carboxylic acids is 1. The average Bonchev–Trinajstić information content (AvgIpc) is 2.68. The molecule has 0 spiro atoms. The number of hydrogen-bond donors (Lipinski definition) is 2. The largest absolute Gasteiger partial charge is 0.459 e. The molecule has 2 aromatic heterocycles. The molecule has 0 aliphatic carbocycles. The van der Waals surface area contributed by atoms with Gasteiger partial charge in [0.05, 0.1) is 5.56 Å². The number of nitrogens with zero attached hydrogens (tertiary/aromatic N) is 4. The average molecular weight is 441 g/mol. The van der Waals surface area contributed by atoms with Crippen molar-refractivity contribution < 1.29 is 27.4 Å². The third-order valence-corrected chi connectivity index (χ3v) is 4.38. The number of anilines is 1. The molecular formula is C17H12ClF3N6O3. The number of halogens is 4. The van der Waals surface area contributed by atoms with Crippen molar-refractivity contribution in [2.45, 2.75) is 18.4 Å². The second-order valence-electron chi connectivity index (χ2n) is 6.18. The van der Waals surface area contributed by atoms with Crippen molar-refractivity contribution in [1.29, 1.82) is 5.26 Å². The van der Waals surface area contributed by atoms with E-state index >= 15 is 0 Å². The van der Waals surface area contributed by atoms with Crippen LogP contribution in [0.3, 0.4) is 0 Å². The zero-order chi connectivity index (χ0) is 22.1. The number of aliphatic imine (C=N–C) groups is 1. The Bertz CT molecular complexity index is 1090. The maximum Gasteiger partial charge on any atom is 0.419 e. The van der Waals surface area contributed by atoms with Gasteiger partial charge in [0.25, 0.3) is 6.02 Å². The number of aromatic nitrogens is 2. The van der Waals surface area contributed by atoms with E-state index in [1.54, 1.807) is 6.07 Å². The van der Waals surface area contributed by atoms with Gasteiger partial charge in [-0.2, -0.15) is 14.0 Å². The van der Waals surface area contributed by atoms with E-state index in [4.69, 9.17) is 27.3 Å². The van der Waals surface area contributed by atoms with Crippen LogP contribution in [0.15, 0.2) is 29.4 Å². The van der Waals surface area contributed by atoms with Crippen molar-refractivity contribution in [2.75, 3.05) is 11.9 Å². The molecule has 3 rings (SSSR count). The van der Waals surface area contributed by atoms with Crippen molar-refractivity contribution in [2.24, 2.45) is 10.7 Å². The number of amidine groups is 1. The minimum atomic E-state index is -3.64. The summed E-state index contributed by atoms with van der Waals surface area (Å²) >= 11 is 5.86. The Kier molecular flexibility index (Phi) is 5.41. The predicted octanol–water partition coefficient (Wildman–Crippen LogP) is 2.95. The Morgan fingerprint density at radius 2 is 2.20 bits per heavy atom. The van der Waals surface area contributed by atoms with Crippen LogP contribution in [0.25, 0.3) is 0 Å². The topological polar surface area (TPSA) is 136 Å². The van der Waals surface area contributed by atoms with E-state index in [2.05, 4.69) is 25.0 Å². The van der Waals surface area contributed by atoms with Crippen molar-refractivity contribution >= 4 is 29.5 Å². The van der Waals surface area contributed by atoms with Crippen LogP contribution >= 0.6 is 11.6 Å². The maximum absolute atomic E-state index is 14.4. The van der Waals surface area contributed by atoms with E-state index in [-0.39, 0.29) is 22.3 Å². The van der Waals surface area contributed by atoms with Crippen LogP contribution in [0.2, 0.25) is 5.02 Å². The van der Waals surface area contributed by atoms with Crippen molar-refractivity contribution in [1.82, 2.24) is 9.97 Å². The van der Waals surface area contributed by atoms with Crippen LogP contribution in [0.5, 0.6) is 5.88 Å². The highest BCUT2D eigenvalue weighted by Crippen LogP contribution is 2.43. The Labute approximate surface area is 172 Å². The number of nitrogens with one attached hydrogen (secondary N) is 1. The molecule has 30 heavy (non-hydrogen) atoms. The Morgan fingerprint density at radius 3 is 2.87 bits per heavy atom. The van der Waals surface area contributed by atoms with E-state index in [0.29, 0.717) is 0 Å². The van der Waals surface area contributed by atoms with Crippen LogP contribution in [0.1, 0.15) is 18.2 Å². The first-order valence-electron chi connectivity index (χ1n) is 8.13. The van der Waals surface area contributed by atoms with Gasteiger partial charge in [-0.3, -0.25) is 5.32 Å². The standard InChI is InChI=1S/C17H12ClF3N6O3/c1-16(17(20,21)7-29-14(23)27-16)12-10(19)2-3-11(25-12)26-15(28)30-13-9(18)4-8(5-22)6-24-13/h2-4,6H,7H2,1H3,(H2,23,27)(H,25,26,28)/t16-/m1/s1. The van der Waals surface area contributed by atoms with Gasteiger partial charge < -0.3 is 15.2 Å². The number of rotatable bonds is 3. The molecule has 9 nitrogen and oxygen atoms in total. The minimum absolute atomic E-state index is 0.115. The Morgan fingerprint density at radius 1 is 1.47 bits per heavy atom. The lowest BCUT2D eigenvalue weighted by atomic mass is 9.89. The van der Waals surface area contributed by atoms with E-state index in [1.807, 2.05) is 0 Å². The molecule has 1 aliphatic rings. The van der Waals surface area contributed by atoms with E-state index < -0.39 is 41.7 Å². The van der Waals surface area contributed by atoms with Gasteiger partial charge >= 0.3 is 12.0 Å². The minimum Gasteiger partial charge on any atom is -0.459 e. The third kappa shape index (κ3) is 3.92. The summed E-state index contributed by atoms with van der Waals surface area (Å²) in [6.45, 7) is -0.182. The first-order valence-corrected chi connectivity index (χ1v) is 8.51. The highest BCUT2D eigenvalue weighted by atomic mass is 35.5. The highest BCUT2D eigenvalue weighted by molar-refractivity contribution is 6.32. The summed E-state index contributed by atoms with van der Waals surface area (Å²) in [4.78, 5) is 23.1. The molecule has 0 unspecified atom stereocenters. The second kappa shape index (κ2) is 7.68. The molecule has 1 amide bonds. The summed E-state index contributed by atoms with van der Waals surface area (Å²) in [6, 6.07) is 4.33. The molecular weight excluding hydrogens is 429 g/mol. The summed E-state index contributed by atoms with van der Waals surface area (Å²) in [5.74, 6) is -5.34. The second-order valence-corrected chi connectivity index (χ2v) is 6.59. The van der Waals surface area contributed by atoms with Crippen LogP contribution in [0, 0.1) is 17.1 Å². The van der Waals surface area contributed by atoms with Gasteiger partial charge in [0.15, 0.2) is 12.1 Å². The SMILES string of the molecule is C[C@]1(c2nc(NC(=O)Oc3ncc(C#N)cc3Cl)ccc2F)N=C(N)OCC1(F)F. The third-order valence-electron chi connectivity index (χ3n) is 4.11. The molecule has 3 N–H and O–H groups in total. The monoisotopic (exact) mass is 440 g/mol. The number of ether oxygens (including phenoxy) is 2. The zero-order valence-corrected chi connectivity index (χ0v) is 15.9. The van der Waals surface area contributed by atoms with Gasteiger partial charge in [-0.1, -0.05) is 11.6 Å². The smallest absolute Gasteiger partial charge is 0.419 e. The van der Waals surface area contributed by atoms with Gasteiger partial charge in [0, 0.05) is 6.20 Å². The zero-order valence-electron chi connectivity index (χ0n) is 15.1. The molecule has 3 heterocycles. The maximum atomic E-state index is 14.4. The lowest BCUT2D eigenvalue weighted by molar-refractivity contribution is -0.118. The van der Waals surface area contributed by atoms with Gasteiger partial charge in [-0.15, -0.1) is 0 Å². The number of nitrogens with two attached hydrogens (primary N) is 1. The number of hydrogen-bond acceptors (Lipinski definition) is 8. The van der Waals surface area contributed by atoms with Crippen molar-refractivity contribution in [3.63, 3.8) is 0 Å². The van der Waals surface area contributed by atoms with Gasteiger partial charge in [0.1, 0.15) is 28.4 Å². The molecule has 0 bridgehead atoms. The molecule has 2 aromatic rings. The van der Waals surface area contributed by atoms with Crippen LogP contribution < -0.4 is 15.8 Å². The molecule has 0 aromatic carbocycles. The molecule has 0 saturated carbocycles. The van der Waals surface area contributed by atoms with E-state index in [1.165, 1.54) is 6.07 Å². The first-order chi connectivity index (χ1) is 14.1. The van der Waals surface area contributed by atoms with Gasteiger partial charge in [-0.05, 0) is 25.1 Å². The summed E-state index contributed by atoms with van der Waals surface area (Å²) in [5.41, 5.74) is 2.28. The lowest BCUT2D eigenvalue weighted by Gasteiger charge is -2.36. The summed E-state index contributed by atoms with van der Waals surface area (Å²) < 4.78 is 52.6. The fraction of sp³-hybridized carbons (Fsp3) is 0.235. The number of amides is 1. The first kappa shape index (κ1) is 21.1. The molecule has 13 heteroatoms. The van der Waals surface area contributed by atoms with Crippen LogP contribution in [-0.2, 0) is 10.3 Å². The molecule has 1 aliphatic heterocycles. The van der Waals surface area contributed by atoms with Crippen LogP contribution in [0.4, 0.5) is 23.8 Å². The fourth-order valence-corrected chi connectivity index (χ4v) is 2.70. The number of nitriles is 1. The van der Waals surface area contributed by atoms with Crippen LogP contribution in [-0.4, -0.2) is 34.6 Å². The number of alkyl halides is 2. The number of carbonyl (C=O) groups is 1. The summed E-state index contributed by atoms with van der Waals surface area (Å²) in [7, 11) is 0. The van der Waals surface area contributed by atoms with E-state index in [9.17, 15) is 18.0 Å². The Hall–Kier alpha value is -3.59. The summed E-state index contributed by atoms with van der Waals surface area (Å²) in [6.07, 6.45) is -0.00904. The summed E-state index contributed by atoms with van der Waals surface area (Å²) in [5, 5.41) is 10.8. The molecule has 1 atom stereocenters. The van der Waals surface area contributed by atoms with Crippen molar-refractivity contribution in [3.05, 3.63) is 46.5 Å². The number of pyridine rings is 2. The fourth-order valence-electron chi connectivity index (χ4n) is 2.50. The Balaban J connectivity index is 1.86. The highest BCUT2D eigenvalue weighted by Gasteiger charge is 2.57. The van der Waals surface area contributed by atoms with Crippen molar-refractivity contribution in [3.8, 4) is 11.9 Å².